The van der Waals surface area contributed by atoms with Gasteiger partial charge in [-0.2, -0.15) is 0 Å². The molecule has 4 aliphatic carbocycles. The van der Waals surface area contributed by atoms with Crippen molar-refractivity contribution in [2.75, 3.05) is 11.9 Å². The Hall–Kier alpha value is -1.36. The third kappa shape index (κ3) is 3.91. The Balaban J connectivity index is 1.26. The van der Waals surface area contributed by atoms with Gasteiger partial charge in [-0.3, -0.25) is 9.59 Å². The van der Waals surface area contributed by atoms with E-state index in [4.69, 9.17) is 0 Å². The van der Waals surface area contributed by atoms with Gasteiger partial charge in [0.25, 0.3) is 0 Å². The standard InChI is InChI=1S/C20H25BrN2O2/c21-16-1-3-17(4-2-16)23-19(25)12-22-18(24)11-20-8-13-5-14(9-20)7-15(6-13)10-20/h1-4,13-15H,5-12H2,(H,22,24)(H,23,25). The molecule has 1 aromatic rings. The molecule has 0 unspecified atom stereocenters. The summed E-state index contributed by atoms with van der Waals surface area (Å²) >= 11 is 3.37. The first-order valence-corrected chi connectivity index (χ1v) is 10.1. The van der Waals surface area contributed by atoms with Gasteiger partial charge in [0.15, 0.2) is 0 Å². The molecule has 134 valence electrons. The van der Waals surface area contributed by atoms with Crippen LogP contribution in [0.2, 0.25) is 0 Å². The maximum atomic E-state index is 12.4. The Bertz CT molecular complexity index is 635. The van der Waals surface area contributed by atoms with E-state index in [1.807, 2.05) is 24.3 Å². The lowest BCUT2D eigenvalue weighted by molar-refractivity contribution is -0.131. The highest BCUT2D eigenvalue weighted by Crippen LogP contribution is 2.61. The molecular weight excluding hydrogens is 380 g/mol. The molecule has 0 spiro atoms. The van der Waals surface area contributed by atoms with Crippen LogP contribution in [0.3, 0.4) is 0 Å². The summed E-state index contributed by atoms with van der Waals surface area (Å²) in [4.78, 5) is 24.5. The summed E-state index contributed by atoms with van der Waals surface area (Å²) in [5.41, 5.74) is 0.963. The molecule has 5 rings (SSSR count). The fraction of sp³-hybridized carbons (Fsp3) is 0.600. The molecule has 4 aliphatic rings. The minimum atomic E-state index is -0.179. The van der Waals surface area contributed by atoms with Gasteiger partial charge in [0.05, 0.1) is 6.54 Å². The molecule has 0 aliphatic heterocycles. The minimum absolute atomic E-state index is 0.0351. The van der Waals surface area contributed by atoms with Gasteiger partial charge in [0.1, 0.15) is 0 Å². The number of carbonyl (C=O) groups is 2. The number of halogens is 1. The highest BCUT2D eigenvalue weighted by molar-refractivity contribution is 9.10. The molecule has 4 bridgehead atoms. The van der Waals surface area contributed by atoms with Crippen molar-refractivity contribution < 1.29 is 9.59 Å². The molecule has 2 amide bonds. The van der Waals surface area contributed by atoms with Crippen LogP contribution in [0.5, 0.6) is 0 Å². The van der Waals surface area contributed by atoms with Crippen LogP contribution in [0.4, 0.5) is 5.69 Å². The van der Waals surface area contributed by atoms with Crippen molar-refractivity contribution in [2.45, 2.75) is 44.9 Å². The smallest absolute Gasteiger partial charge is 0.243 e. The van der Waals surface area contributed by atoms with Crippen LogP contribution in [0, 0.1) is 23.2 Å². The van der Waals surface area contributed by atoms with Crippen molar-refractivity contribution in [1.82, 2.24) is 5.32 Å². The maximum Gasteiger partial charge on any atom is 0.243 e. The van der Waals surface area contributed by atoms with E-state index in [1.165, 1.54) is 38.5 Å². The van der Waals surface area contributed by atoms with Crippen LogP contribution in [-0.2, 0) is 9.59 Å². The summed E-state index contributed by atoms with van der Waals surface area (Å²) in [5, 5.41) is 5.64. The van der Waals surface area contributed by atoms with Crippen LogP contribution in [0.15, 0.2) is 28.7 Å². The van der Waals surface area contributed by atoms with Crippen LogP contribution in [0.25, 0.3) is 0 Å². The second-order valence-corrected chi connectivity index (χ2v) is 9.34. The number of anilines is 1. The van der Waals surface area contributed by atoms with E-state index in [-0.39, 0.29) is 23.8 Å². The highest BCUT2D eigenvalue weighted by Gasteiger charge is 2.51. The average molecular weight is 405 g/mol. The van der Waals surface area contributed by atoms with E-state index in [1.54, 1.807) is 0 Å². The molecule has 5 heteroatoms. The summed E-state index contributed by atoms with van der Waals surface area (Å²) in [7, 11) is 0. The van der Waals surface area contributed by atoms with Gasteiger partial charge in [0, 0.05) is 16.6 Å². The molecule has 0 radical (unpaired) electrons. The SMILES string of the molecule is O=C(CC12CC3CC(CC(C3)C1)C2)NCC(=O)Nc1ccc(Br)cc1. The summed E-state index contributed by atoms with van der Waals surface area (Å²) in [5.74, 6) is 2.40. The normalized spacial score (nSPS) is 32.4. The van der Waals surface area contributed by atoms with E-state index >= 15 is 0 Å². The van der Waals surface area contributed by atoms with Gasteiger partial charge in [-0.15, -0.1) is 0 Å². The number of amides is 2. The molecule has 2 N–H and O–H groups in total. The van der Waals surface area contributed by atoms with Crippen LogP contribution in [0.1, 0.15) is 44.9 Å². The molecule has 1 aromatic carbocycles. The van der Waals surface area contributed by atoms with E-state index in [0.29, 0.717) is 6.42 Å². The molecule has 0 atom stereocenters. The zero-order valence-electron chi connectivity index (χ0n) is 14.4. The molecule has 0 saturated heterocycles. The topological polar surface area (TPSA) is 58.2 Å². The quantitative estimate of drug-likeness (QED) is 0.775. The zero-order chi connectivity index (χ0) is 17.4. The molecular formula is C20H25BrN2O2. The lowest BCUT2D eigenvalue weighted by atomic mass is 9.49. The van der Waals surface area contributed by atoms with Crippen LogP contribution >= 0.6 is 15.9 Å². The maximum absolute atomic E-state index is 12.4. The number of benzene rings is 1. The summed E-state index contributed by atoms with van der Waals surface area (Å²) in [6.07, 6.45) is 8.41. The van der Waals surface area contributed by atoms with Crippen molar-refractivity contribution in [3.63, 3.8) is 0 Å². The van der Waals surface area contributed by atoms with Crippen LogP contribution in [-0.4, -0.2) is 18.4 Å². The number of hydrogen-bond donors (Lipinski definition) is 2. The summed E-state index contributed by atoms with van der Waals surface area (Å²) in [6.45, 7) is 0.0429. The highest BCUT2D eigenvalue weighted by atomic mass is 79.9. The summed E-state index contributed by atoms with van der Waals surface area (Å²) < 4.78 is 0.967. The van der Waals surface area contributed by atoms with Gasteiger partial charge < -0.3 is 10.6 Å². The van der Waals surface area contributed by atoms with Crippen molar-refractivity contribution in [1.29, 1.82) is 0 Å². The van der Waals surface area contributed by atoms with Crippen LogP contribution < -0.4 is 10.6 Å². The van der Waals surface area contributed by atoms with E-state index in [0.717, 1.165) is 27.9 Å². The molecule has 4 saturated carbocycles. The van der Waals surface area contributed by atoms with Crippen molar-refractivity contribution in [3.8, 4) is 0 Å². The average Bonchev–Trinajstić information content (AvgIpc) is 2.53. The molecule has 4 fully saturated rings. The molecule has 25 heavy (non-hydrogen) atoms. The van der Waals surface area contributed by atoms with Gasteiger partial charge in [-0.25, -0.2) is 0 Å². The number of hydrogen-bond acceptors (Lipinski definition) is 2. The fourth-order valence-electron chi connectivity index (χ4n) is 5.83. The number of nitrogens with one attached hydrogen (secondary N) is 2. The van der Waals surface area contributed by atoms with Crippen molar-refractivity contribution >= 4 is 33.4 Å². The minimum Gasteiger partial charge on any atom is -0.347 e. The Labute approximate surface area is 157 Å². The Morgan fingerprint density at radius 3 is 2.08 bits per heavy atom. The van der Waals surface area contributed by atoms with Crippen molar-refractivity contribution in [2.24, 2.45) is 23.2 Å². The van der Waals surface area contributed by atoms with E-state index < -0.39 is 0 Å². The van der Waals surface area contributed by atoms with Crippen molar-refractivity contribution in [3.05, 3.63) is 28.7 Å². The summed E-state index contributed by atoms with van der Waals surface area (Å²) in [6, 6.07) is 7.42. The zero-order valence-corrected chi connectivity index (χ0v) is 16.0. The van der Waals surface area contributed by atoms with E-state index in [9.17, 15) is 9.59 Å². The second kappa shape index (κ2) is 6.75. The predicted octanol–water partition coefficient (Wildman–Crippen LogP) is 4.11. The van der Waals surface area contributed by atoms with Gasteiger partial charge in [0.2, 0.25) is 11.8 Å². The third-order valence-electron chi connectivity index (χ3n) is 6.27. The monoisotopic (exact) mass is 404 g/mol. The first kappa shape index (κ1) is 17.1. The second-order valence-electron chi connectivity index (χ2n) is 8.43. The van der Waals surface area contributed by atoms with E-state index in [2.05, 4.69) is 26.6 Å². The van der Waals surface area contributed by atoms with Gasteiger partial charge in [-0.1, -0.05) is 15.9 Å². The fourth-order valence-corrected chi connectivity index (χ4v) is 6.09. The lowest BCUT2D eigenvalue weighted by Gasteiger charge is -2.56. The lowest BCUT2D eigenvalue weighted by Crippen LogP contribution is -2.48. The Kier molecular flexibility index (Phi) is 4.61. The van der Waals surface area contributed by atoms with Gasteiger partial charge >= 0.3 is 0 Å². The Morgan fingerprint density at radius 2 is 1.52 bits per heavy atom. The predicted molar refractivity (Wildman–Crippen MR) is 101 cm³/mol. The first-order valence-electron chi connectivity index (χ1n) is 9.32. The molecule has 4 nitrogen and oxygen atoms in total. The van der Waals surface area contributed by atoms with Gasteiger partial charge in [-0.05, 0) is 86.0 Å². The third-order valence-corrected chi connectivity index (χ3v) is 6.80. The number of carbonyl (C=O) groups excluding carboxylic acids is 2. The first-order chi connectivity index (χ1) is 12.0. The Morgan fingerprint density at radius 1 is 0.960 bits per heavy atom. The largest absolute Gasteiger partial charge is 0.347 e. The molecule has 0 aromatic heterocycles. The number of rotatable bonds is 5. The molecule has 0 heterocycles.